The van der Waals surface area contributed by atoms with Crippen LogP contribution in [0.2, 0.25) is 0 Å². The molecular weight excluding hydrogens is 388 g/mol. The molecule has 2 aromatic rings. The summed E-state index contributed by atoms with van der Waals surface area (Å²) >= 11 is 0. The normalized spacial score (nSPS) is 14.3. The molecule has 2 aromatic carbocycles. The molecular formula is C22H24N2O4S. The van der Waals surface area contributed by atoms with E-state index in [1.807, 2.05) is 30.3 Å². The Hall–Kier alpha value is -2.85. The minimum Gasteiger partial charge on any atom is -0.489 e. The van der Waals surface area contributed by atoms with E-state index in [9.17, 15) is 13.2 Å². The third-order valence-electron chi connectivity index (χ3n) is 4.97. The fourth-order valence-electron chi connectivity index (χ4n) is 3.45. The quantitative estimate of drug-likeness (QED) is 0.714. The maximum Gasteiger partial charge on any atom is 0.239 e. The molecule has 1 fully saturated rings. The molecule has 152 valence electrons. The first-order valence-electron chi connectivity index (χ1n) is 9.65. The summed E-state index contributed by atoms with van der Waals surface area (Å²) in [5.74, 6) is -0.306. The van der Waals surface area contributed by atoms with Crippen LogP contribution < -0.4 is 10.1 Å². The Morgan fingerprint density at radius 3 is 2.52 bits per heavy atom. The number of anilines is 1. The van der Waals surface area contributed by atoms with Crippen molar-refractivity contribution in [2.24, 2.45) is 0 Å². The van der Waals surface area contributed by atoms with Crippen LogP contribution in [0.5, 0.6) is 5.75 Å². The number of carbonyl (C=O) groups is 1. The zero-order valence-corrected chi connectivity index (χ0v) is 17.0. The van der Waals surface area contributed by atoms with Crippen molar-refractivity contribution in [3.05, 3.63) is 59.7 Å². The molecule has 1 N–H and O–H groups in total. The number of benzene rings is 2. The van der Waals surface area contributed by atoms with Gasteiger partial charge in [0.05, 0.1) is 17.7 Å². The molecule has 0 unspecified atom stereocenters. The number of ether oxygens (including phenoxy) is 1. The van der Waals surface area contributed by atoms with Gasteiger partial charge in [0, 0.05) is 5.69 Å². The average Bonchev–Trinajstić information content (AvgIpc) is 3.23. The van der Waals surface area contributed by atoms with Crippen LogP contribution in [0.15, 0.2) is 48.5 Å². The average molecular weight is 413 g/mol. The summed E-state index contributed by atoms with van der Waals surface area (Å²) in [5.41, 5.74) is 2.32. The van der Waals surface area contributed by atoms with Crippen molar-refractivity contribution in [1.29, 1.82) is 5.26 Å². The highest BCUT2D eigenvalue weighted by molar-refractivity contribution is 7.92. The van der Waals surface area contributed by atoms with Gasteiger partial charge in [0.25, 0.3) is 0 Å². The van der Waals surface area contributed by atoms with Crippen LogP contribution in [-0.2, 0) is 27.7 Å². The van der Waals surface area contributed by atoms with Crippen molar-refractivity contribution >= 4 is 21.4 Å². The SMILES string of the molecule is N#CCc1ccc(OCc2cccc(NC(=O)CS(=O)(=O)C3CCCC3)c2)cc1. The summed E-state index contributed by atoms with van der Waals surface area (Å²) in [7, 11) is -3.40. The molecule has 0 atom stereocenters. The molecule has 0 heterocycles. The number of carbonyl (C=O) groups excluding carboxylic acids is 1. The van der Waals surface area contributed by atoms with Crippen LogP contribution in [0, 0.1) is 11.3 Å². The zero-order valence-electron chi connectivity index (χ0n) is 16.1. The van der Waals surface area contributed by atoms with E-state index in [1.54, 1.807) is 18.2 Å². The molecule has 1 saturated carbocycles. The van der Waals surface area contributed by atoms with Gasteiger partial charge in [-0.05, 0) is 48.2 Å². The number of nitriles is 1. The second-order valence-electron chi connectivity index (χ2n) is 7.23. The first-order valence-corrected chi connectivity index (χ1v) is 11.4. The molecule has 3 rings (SSSR count). The Bertz CT molecular complexity index is 988. The van der Waals surface area contributed by atoms with Crippen molar-refractivity contribution in [3.8, 4) is 11.8 Å². The van der Waals surface area contributed by atoms with Gasteiger partial charge in [-0.3, -0.25) is 4.79 Å². The van der Waals surface area contributed by atoms with Crippen LogP contribution in [0.1, 0.15) is 36.8 Å². The smallest absolute Gasteiger partial charge is 0.239 e. The topological polar surface area (TPSA) is 96.3 Å². The molecule has 0 bridgehead atoms. The molecule has 0 saturated heterocycles. The van der Waals surface area contributed by atoms with Crippen molar-refractivity contribution in [1.82, 2.24) is 0 Å². The molecule has 0 aliphatic heterocycles. The standard InChI is InChI=1S/C22H24N2O4S/c23-13-12-17-8-10-20(11-9-17)28-15-18-4-3-5-19(14-18)24-22(25)16-29(26,27)21-6-1-2-7-21/h3-5,8-11,14,21H,1-2,6-7,12,15-16H2,(H,24,25). The lowest BCUT2D eigenvalue weighted by atomic mass is 10.1. The second-order valence-corrected chi connectivity index (χ2v) is 9.51. The van der Waals surface area contributed by atoms with Crippen LogP contribution in [0.3, 0.4) is 0 Å². The van der Waals surface area contributed by atoms with E-state index in [1.165, 1.54) is 0 Å². The maximum atomic E-state index is 12.3. The molecule has 0 spiro atoms. The highest BCUT2D eigenvalue weighted by Crippen LogP contribution is 2.25. The third-order valence-corrected chi connectivity index (χ3v) is 7.12. The maximum absolute atomic E-state index is 12.3. The summed E-state index contributed by atoms with van der Waals surface area (Å²) < 4.78 is 30.4. The van der Waals surface area contributed by atoms with E-state index in [-0.39, 0.29) is 5.25 Å². The van der Waals surface area contributed by atoms with E-state index in [4.69, 9.17) is 10.00 Å². The summed E-state index contributed by atoms with van der Waals surface area (Å²) in [5, 5.41) is 11.0. The van der Waals surface area contributed by atoms with E-state index < -0.39 is 21.5 Å². The molecule has 1 aliphatic rings. The zero-order chi connectivity index (χ0) is 20.7. The molecule has 7 heteroatoms. The number of sulfone groups is 1. The van der Waals surface area contributed by atoms with Crippen molar-refractivity contribution in [3.63, 3.8) is 0 Å². The Kier molecular flexibility index (Phi) is 6.89. The van der Waals surface area contributed by atoms with Gasteiger partial charge in [-0.2, -0.15) is 5.26 Å². The van der Waals surface area contributed by atoms with Crippen LogP contribution in [-0.4, -0.2) is 25.3 Å². The fourth-order valence-corrected chi connectivity index (χ4v) is 5.17. The highest BCUT2D eigenvalue weighted by Gasteiger charge is 2.30. The first-order chi connectivity index (χ1) is 14.0. The van der Waals surface area contributed by atoms with E-state index in [0.29, 0.717) is 37.3 Å². The molecule has 1 aliphatic carbocycles. The molecule has 29 heavy (non-hydrogen) atoms. The van der Waals surface area contributed by atoms with Gasteiger partial charge in [-0.15, -0.1) is 0 Å². The Morgan fingerprint density at radius 1 is 1.10 bits per heavy atom. The molecule has 6 nitrogen and oxygen atoms in total. The van der Waals surface area contributed by atoms with Gasteiger partial charge >= 0.3 is 0 Å². The monoisotopic (exact) mass is 412 g/mol. The summed E-state index contributed by atoms with van der Waals surface area (Å²) in [6.07, 6.45) is 3.49. The predicted octanol–water partition coefficient (Wildman–Crippen LogP) is 3.63. The van der Waals surface area contributed by atoms with Gasteiger partial charge < -0.3 is 10.1 Å². The van der Waals surface area contributed by atoms with E-state index in [2.05, 4.69) is 11.4 Å². The van der Waals surface area contributed by atoms with Gasteiger partial charge in [0.1, 0.15) is 18.1 Å². The van der Waals surface area contributed by atoms with Crippen LogP contribution in [0.4, 0.5) is 5.69 Å². The number of hydrogen-bond donors (Lipinski definition) is 1. The second kappa shape index (κ2) is 9.57. The predicted molar refractivity (Wildman–Crippen MR) is 111 cm³/mol. The minimum absolute atomic E-state index is 0.307. The molecule has 0 aromatic heterocycles. The number of nitrogens with zero attached hydrogens (tertiary/aromatic N) is 1. The lowest BCUT2D eigenvalue weighted by Gasteiger charge is -2.12. The Balaban J connectivity index is 1.55. The lowest BCUT2D eigenvalue weighted by Crippen LogP contribution is -2.29. The van der Waals surface area contributed by atoms with Gasteiger partial charge in [-0.25, -0.2) is 8.42 Å². The number of hydrogen-bond acceptors (Lipinski definition) is 5. The number of nitrogens with one attached hydrogen (secondary N) is 1. The summed E-state index contributed by atoms with van der Waals surface area (Å²) in [4.78, 5) is 12.2. The number of rotatable bonds is 8. The Labute approximate surface area is 171 Å². The van der Waals surface area contributed by atoms with E-state index >= 15 is 0 Å². The third kappa shape index (κ3) is 6.06. The minimum atomic E-state index is -3.40. The van der Waals surface area contributed by atoms with Gasteiger partial charge in [-0.1, -0.05) is 37.1 Å². The van der Waals surface area contributed by atoms with Crippen molar-refractivity contribution < 1.29 is 17.9 Å². The number of amides is 1. The van der Waals surface area contributed by atoms with Crippen molar-refractivity contribution in [2.75, 3.05) is 11.1 Å². The lowest BCUT2D eigenvalue weighted by molar-refractivity contribution is -0.113. The fraction of sp³-hybridized carbons (Fsp3) is 0.364. The van der Waals surface area contributed by atoms with Crippen LogP contribution >= 0.6 is 0 Å². The van der Waals surface area contributed by atoms with Crippen LogP contribution in [0.25, 0.3) is 0 Å². The summed E-state index contributed by atoms with van der Waals surface area (Å²) in [6, 6.07) is 16.6. The van der Waals surface area contributed by atoms with E-state index in [0.717, 1.165) is 24.0 Å². The largest absolute Gasteiger partial charge is 0.489 e. The molecule has 1 amide bonds. The van der Waals surface area contributed by atoms with Gasteiger partial charge in [0.15, 0.2) is 9.84 Å². The first kappa shape index (κ1) is 20.9. The van der Waals surface area contributed by atoms with Crippen molar-refractivity contribution in [2.45, 2.75) is 44.0 Å². The summed E-state index contributed by atoms with van der Waals surface area (Å²) in [6.45, 7) is 0.307. The highest BCUT2D eigenvalue weighted by atomic mass is 32.2. The van der Waals surface area contributed by atoms with Gasteiger partial charge in [0.2, 0.25) is 5.91 Å². The Morgan fingerprint density at radius 2 is 1.83 bits per heavy atom. The molecule has 0 radical (unpaired) electrons.